The summed E-state index contributed by atoms with van der Waals surface area (Å²) in [5.74, 6) is -0.609. The number of carbonyl (C=O) groups excluding carboxylic acids is 2. The first-order valence-electron chi connectivity index (χ1n) is 7.12. The third-order valence-corrected chi connectivity index (χ3v) is 4.85. The van der Waals surface area contributed by atoms with Crippen LogP contribution in [0.2, 0.25) is 0 Å². The molecule has 6 nitrogen and oxygen atoms in total. The molecular formula is C16H16NO5S2-. The maximum absolute atomic E-state index is 12.5. The van der Waals surface area contributed by atoms with E-state index in [2.05, 4.69) is 0 Å². The van der Waals surface area contributed by atoms with Crippen molar-refractivity contribution in [1.82, 2.24) is 4.90 Å². The van der Waals surface area contributed by atoms with Gasteiger partial charge in [0.2, 0.25) is 0 Å². The van der Waals surface area contributed by atoms with Gasteiger partial charge in [-0.2, -0.15) is 0 Å². The van der Waals surface area contributed by atoms with Crippen LogP contribution < -0.4 is 14.6 Å². The highest BCUT2D eigenvalue weighted by atomic mass is 32.2. The van der Waals surface area contributed by atoms with Crippen molar-refractivity contribution in [3.63, 3.8) is 0 Å². The molecule has 1 saturated heterocycles. The lowest BCUT2D eigenvalue weighted by atomic mass is 10.1. The highest BCUT2D eigenvalue weighted by molar-refractivity contribution is 8.26. The Labute approximate surface area is 149 Å². The van der Waals surface area contributed by atoms with Crippen LogP contribution in [0.25, 0.3) is 6.08 Å². The second-order valence-corrected chi connectivity index (χ2v) is 6.58. The minimum absolute atomic E-state index is 0.203. The average molecular weight is 366 g/mol. The number of ether oxygens (including phenoxy) is 2. The molecule has 0 N–H and O–H groups in total. The Kier molecular flexibility index (Phi) is 5.84. The third-order valence-electron chi connectivity index (χ3n) is 3.52. The maximum atomic E-state index is 12.5. The fraction of sp³-hybridized carbons (Fsp3) is 0.312. The quantitative estimate of drug-likeness (QED) is 0.557. The molecule has 0 bridgehead atoms. The standard InChI is InChI=1S/C16H17NO5S2/c1-4-11(15(19)20)17-14(18)13(24-16(17)23)7-9-5-6-10(21-2)8-12(9)22-3/h5-8,11H,4H2,1-3H3,(H,19,20)/p-1/b13-7-/t11-/m0/s1. The molecule has 128 valence electrons. The molecule has 0 aromatic heterocycles. The summed E-state index contributed by atoms with van der Waals surface area (Å²) < 4.78 is 10.6. The fourth-order valence-corrected chi connectivity index (χ4v) is 3.63. The molecule has 8 heteroatoms. The van der Waals surface area contributed by atoms with E-state index in [9.17, 15) is 14.7 Å². The van der Waals surface area contributed by atoms with Crippen LogP contribution in [0, 0.1) is 0 Å². The van der Waals surface area contributed by atoms with Gasteiger partial charge in [-0.1, -0.05) is 30.9 Å². The van der Waals surface area contributed by atoms with Crippen molar-refractivity contribution >= 4 is 46.3 Å². The first-order chi connectivity index (χ1) is 11.4. The molecule has 1 aromatic rings. The van der Waals surface area contributed by atoms with E-state index in [0.717, 1.165) is 16.7 Å². The predicted molar refractivity (Wildman–Crippen MR) is 93.6 cm³/mol. The lowest BCUT2D eigenvalue weighted by molar-refractivity contribution is -0.310. The van der Waals surface area contributed by atoms with Gasteiger partial charge in [-0.15, -0.1) is 0 Å². The van der Waals surface area contributed by atoms with Gasteiger partial charge in [0.15, 0.2) is 0 Å². The predicted octanol–water partition coefficient (Wildman–Crippen LogP) is 1.43. The number of amides is 1. The summed E-state index contributed by atoms with van der Waals surface area (Å²) in [7, 11) is 3.06. The van der Waals surface area contributed by atoms with Gasteiger partial charge in [-0.25, -0.2) is 0 Å². The number of thioether (sulfide) groups is 1. The lowest BCUT2D eigenvalue weighted by Gasteiger charge is -2.26. The van der Waals surface area contributed by atoms with Gasteiger partial charge in [0, 0.05) is 11.6 Å². The molecule has 2 rings (SSSR count). The van der Waals surface area contributed by atoms with Crippen molar-refractivity contribution in [3.05, 3.63) is 28.7 Å². The van der Waals surface area contributed by atoms with Crippen LogP contribution in [-0.4, -0.2) is 41.4 Å². The smallest absolute Gasteiger partial charge is 0.266 e. The summed E-state index contributed by atoms with van der Waals surface area (Å²) in [4.78, 5) is 25.2. The fourth-order valence-electron chi connectivity index (χ4n) is 2.28. The molecule has 0 unspecified atom stereocenters. The highest BCUT2D eigenvalue weighted by Gasteiger charge is 2.37. The van der Waals surface area contributed by atoms with E-state index < -0.39 is 17.9 Å². The first-order valence-corrected chi connectivity index (χ1v) is 8.35. The van der Waals surface area contributed by atoms with E-state index >= 15 is 0 Å². The number of aliphatic carboxylic acids is 1. The molecule has 0 spiro atoms. The monoisotopic (exact) mass is 366 g/mol. The summed E-state index contributed by atoms with van der Waals surface area (Å²) >= 11 is 6.22. The lowest BCUT2D eigenvalue weighted by Crippen LogP contribution is -2.49. The number of carbonyl (C=O) groups is 2. The number of carboxylic acid groups (broad SMARTS) is 1. The van der Waals surface area contributed by atoms with Gasteiger partial charge in [-0.3, -0.25) is 9.69 Å². The van der Waals surface area contributed by atoms with Gasteiger partial charge in [0.1, 0.15) is 15.8 Å². The Hall–Kier alpha value is -2.06. The number of thiocarbonyl (C=S) groups is 1. The molecule has 0 aliphatic carbocycles. The second-order valence-electron chi connectivity index (χ2n) is 4.90. The van der Waals surface area contributed by atoms with Crippen molar-refractivity contribution in [2.45, 2.75) is 19.4 Å². The summed E-state index contributed by atoms with van der Waals surface area (Å²) in [5, 5.41) is 11.2. The first kappa shape index (κ1) is 18.3. The van der Waals surface area contributed by atoms with Crippen molar-refractivity contribution in [2.24, 2.45) is 0 Å². The van der Waals surface area contributed by atoms with Crippen LogP contribution in [-0.2, 0) is 9.59 Å². The minimum atomic E-state index is -1.32. The normalized spacial score (nSPS) is 17.3. The molecular weight excluding hydrogens is 350 g/mol. The molecule has 1 aliphatic rings. The number of methoxy groups -OCH3 is 2. The van der Waals surface area contributed by atoms with Crippen molar-refractivity contribution in [3.8, 4) is 11.5 Å². The molecule has 1 heterocycles. The Morgan fingerprint density at radius 2 is 2.12 bits per heavy atom. The molecule has 1 amide bonds. The van der Waals surface area contributed by atoms with E-state index in [-0.39, 0.29) is 10.7 Å². The van der Waals surface area contributed by atoms with E-state index in [1.807, 2.05) is 0 Å². The molecule has 1 fully saturated rings. The number of carboxylic acids is 1. The summed E-state index contributed by atoms with van der Waals surface area (Å²) in [5.41, 5.74) is 0.667. The number of nitrogens with zero attached hydrogens (tertiary/aromatic N) is 1. The molecule has 0 radical (unpaired) electrons. The zero-order valence-corrected chi connectivity index (χ0v) is 15.0. The van der Waals surface area contributed by atoms with Crippen LogP contribution in [0.4, 0.5) is 0 Å². The van der Waals surface area contributed by atoms with Gasteiger partial charge in [-0.05, 0) is 24.6 Å². The second kappa shape index (κ2) is 7.67. The van der Waals surface area contributed by atoms with Gasteiger partial charge < -0.3 is 19.4 Å². The summed E-state index contributed by atoms with van der Waals surface area (Å²) in [6.07, 6.45) is 1.84. The van der Waals surface area contributed by atoms with E-state index in [1.165, 1.54) is 7.11 Å². The highest BCUT2D eigenvalue weighted by Crippen LogP contribution is 2.36. The van der Waals surface area contributed by atoms with Crippen LogP contribution in [0.5, 0.6) is 11.5 Å². The number of rotatable bonds is 6. The third kappa shape index (κ3) is 3.54. The van der Waals surface area contributed by atoms with Crippen LogP contribution >= 0.6 is 24.0 Å². The van der Waals surface area contributed by atoms with Crippen molar-refractivity contribution < 1.29 is 24.2 Å². The summed E-state index contributed by atoms with van der Waals surface area (Å²) in [6, 6.07) is 4.12. The van der Waals surface area contributed by atoms with Gasteiger partial charge in [0.25, 0.3) is 5.91 Å². The minimum Gasteiger partial charge on any atom is -0.548 e. The Bertz CT molecular complexity index is 716. The molecule has 1 aromatic carbocycles. The zero-order valence-electron chi connectivity index (χ0n) is 13.4. The Morgan fingerprint density at radius 1 is 1.42 bits per heavy atom. The number of hydrogen-bond donors (Lipinski definition) is 0. The number of benzene rings is 1. The summed E-state index contributed by atoms with van der Waals surface area (Å²) in [6.45, 7) is 1.66. The van der Waals surface area contributed by atoms with Crippen LogP contribution in [0.1, 0.15) is 18.9 Å². The van der Waals surface area contributed by atoms with Gasteiger partial charge in [0.05, 0.1) is 31.1 Å². The molecule has 1 atom stereocenters. The molecule has 0 saturated carbocycles. The van der Waals surface area contributed by atoms with E-state index in [0.29, 0.717) is 22.0 Å². The Morgan fingerprint density at radius 3 is 2.67 bits per heavy atom. The van der Waals surface area contributed by atoms with E-state index in [1.54, 1.807) is 38.3 Å². The topological polar surface area (TPSA) is 78.9 Å². The zero-order chi connectivity index (χ0) is 17.9. The largest absolute Gasteiger partial charge is 0.548 e. The SMILES string of the molecule is CC[C@@H](C(=O)[O-])N1C(=O)/C(=C/c2ccc(OC)cc2OC)SC1=S. The Balaban J connectivity index is 2.37. The molecule has 1 aliphatic heterocycles. The van der Waals surface area contributed by atoms with Gasteiger partial charge >= 0.3 is 0 Å². The van der Waals surface area contributed by atoms with Crippen LogP contribution in [0.15, 0.2) is 23.1 Å². The molecule has 24 heavy (non-hydrogen) atoms. The maximum Gasteiger partial charge on any atom is 0.266 e. The van der Waals surface area contributed by atoms with Crippen molar-refractivity contribution in [2.75, 3.05) is 14.2 Å². The number of hydrogen-bond acceptors (Lipinski definition) is 7. The van der Waals surface area contributed by atoms with Crippen LogP contribution in [0.3, 0.4) is 0 Å². The van der Waals surface area contributed by atoms with E-state index in [4.69, 9.17) is 21.7 Å². The van der Waals surface area contributed by atoms with Crippen molar-refractivity contribution in [1.29, 1.82) is 0 Å². The average Bonchev–Trinajstić information content (AvgIpc) is 2.83.